The molecule has 0 saturated carbocycles. The molecule has 102 valence electrons. The molecular weight excluding hydrogens is 238 g/mol. The monoisotopic (exact) mass is 259 g/mol. The van der Waals surface area contributed by atoms with Crippen molar-refractivity contribution in [2.24, 2.45) is 5.41 Å². The van der Waals surface area contributed by atoms with Crippen molar-refractivity contribution in [3.8, 4) is 16.9 Å². The Bertz CT molecular complexity index is 480. The van der Waals surface area contributed by atoms with Crippen molar-refractivity contribution in [2.45, 2.75) is 33.6 Å². The zero-order valence-electron chi connectivity index (χ0n) is 11.8. The van der Waals surface area contributed by atoms with Gasteiger partial charge in [-0.2, -0.15) is 0 Å². The molecule has 0 bridgehead atoms. The summed E-state index contributed by atoms with van der Waals surface area (Å²) in [4.78, 5) is 0. The van der Waals surface area contributed by atoms with E-state index in [-0.39, 0.29) is 0 Å². The van der Waals surface area contributed by atoms with Crippen LogP contribution in [0.1, 0.15) is 33.6 Å². The summed E-state index contributed by atoms with van der Waals surface area (Å²) in [6.07, 6.45) is 5.60. The second kappa shape index (κ2) is 5.91. The Morgan fingerprint density at radius 3 is 2.42 bits per heavy atom. The Hall–Kier alpha value is -1.77. The molecule has 0 radical (unpaired) electrons. The summed E-state index contributed by atoms with van der Waals surface area (Å²) < 4.78 is 10.6. The molecule has 0 saturated heterocycles. The topological polar surface area (TPSA) is 35.3 Å². The molecule has 0 unspecified atom stereocenters. The van der Waals surface area contributed by atoms with Gasteiger partial charge in [0.25, 0.3) is 0 Å². The zero-order valence-corrected chi connectivity index (χ0v) is 11.8. The molecule has 2 aromatic rings. The van der Waals surface area contributed by atoms with Crippen LogP contribution in [0.5, 0.6) is 5.75 Å². The minimum absolute atomic E-state index is 0.376. The first-order valence-corrected chi connectivity index (χ1v) is 6.67. The van der Waals surface area contributed by atoms with E-state index in [4.69, 9.17) is 9.26 Å². The fourth-order valence-corrected chi connectivity index (χ4v) is 1.88. The van der Waals surface area contributed by atoms with Crippen LogP contribution in [0.3, 0.4) is 0 Å². The summed E-state index contributed by atoms with van der Waals surface area (Å²) in [5.41, 5.74) is 2.45. The van der Waals surface area contributed by atoms with Gasteiger partial charge in [-0.15, -0.1) is 0 Å². The van der Waals surface area contributed by atoms with Gasteiger partial charge < -0.3 is 9.26 Å². The van der Waals surface area contributed by atoms with E-state index >= 15 is 0 Å². The third-order valence-electron chi connectivity index (χ3n) is 2.96. The second-order valence-electron chi connectivity index (χ2n) is 5.95. The van der Waals surface area contributed by atoms with E-state index in [1.807, 2.05) is 24.3 Å². The largest absolute Gasteiger partial charge is 0.494 e. The second-order valence-corrected chi connectivity index (χ2v) is 5.95. The minimum Gasteiger partial charge on any atom is -0.494 e. The molecule has 2 rings (SSSR count). The highest BCUT2D eigenvalue weighted by Gasteiger charge is 2.09. The Morgan fingerprint density at radius 1 is 1.11 bits per heavy atom. The van der Waals surface area contributed by atoms with E-state index in [2.05, 4.69) is 25.9 Å². The van der Waals surface area contributed by atoms with Crippen molar-refractivity contribution in [3.05, 3.63) is 36.7 Å². The van der Waals surface area contributed by atoms with Crippen LogP contribution in [0.15, 0.2) is 41.2 Å². The molecule has 0 amide bonds. The van der Waals surface area contributed by atoms with E-state index in [1.54, 1.807) is 12.5 Å². The Balaban J connectivity index is 1.83. The first-order chi connectivity index (χ1) is 9.04. The van der Waals surface area contributed by atoms with Gasteiger partial charge in [0.1, 0.15) is 12.0 Å². The maximum absolute atomic E-state index is 5.73. The minimum atomic E-state index is 0.376. The zero-order chi connectivity index (χ0) is 13.7. The maximum Gasteiger partial charge on any atom is 0.131 e. The molecule has 0 fully saturated rings. The SMILES string of the molecule is CC(C)(C)CCCOc1ccc(-c2cnoc2)cc1. The average molecular weight is 259 g/mol. The van der Waals surface area contributed by atoms with Gasteiger partial charge in [0, 0.05) is 5.56 Å². The van der Waals surface area contributed by atoms with Crippen LogP contribution in [-0.2, 0) is 0 Å². The quantitative estimate of drug-likeness (QED) is 0.739. The van der Waals surface area contributed by atoms with Gasteiger partial charge >= 0.3 is 0 Å². The van der Waals surface area contributed by atoms with Crippen LogP contribution in [0.2, 0.25) is 0 Å². The number of benzene rings is 1. The van der Waals surface area contributed by atoms with Gasteiger partial charge in [-0.25, -0.2) is 0 Å². The number of aromatic nitrogens is 1. The molecule has 0 aliphatic heterocycles. The molecule has 3 heteroatoms. The molecular formula is C16H21NO2. The van der Waals surface area contributed by atoms with Gasteiger partial charge in [-0.1, -0.05) is 38.1 Å². The van der Waals surface area contributed by atoms with E-state index < -0.39 is 0 Å². The summed E-state index contributed by atoms with van der Waals surface area (Å²) in [5, 5.41) is 3.70. The highest BCUT2D eigenvalue weighted by molar-refractivity contribution is 5.61. The molecule has 0 aliphatic carbocycles. The van der Waals surface area contributed by atoms with Crippen LogP contribution in [-0.4, -0.2) is 11.8 Å². The van der Waals surface area contributed by atoms with Crippen molar-refractivity contribution in [1.82, 2.24) is 5.16 Å². The highest BCUT2D eigenvalue weighted by atomic mass is 16.5. The molecule has 1 heterocycles. The third-order valence-corrected chi connectivity index (χ3v) is 2.96. The lowest BCUT2D eigenvalue weighted by molar-refractivity contribution is 0.269. The lowest BCUT2D eigenvalue weighted by atomic mass is 9.91. The normalized spacial score (nSPS) is 11.5. The number of rotatable bonds is 5. The summed E-state index contributed by atoms with van der Waals surface area (Å²) in [6, 6.07) is 8.01. The Labute approximate surface area is 114 Å². The lowest BCUT2D eigenvalue weighted by Crippen LogP contribution is -2.07. The summed E-state index contributed by atoms with van der Waals surface area (Å²) in [5.74, 6) is 0.911. The maximum atomic E-state index is 5.73. The lowest BCUT2D eigenvalue weighted by Gasteiger charge is -2.17. The van der Waals surface area contributed by atoms with Crippen molar-refractivity contribution < 1.29 is 9.26 Å². The van der Waals surface area contributed by atoms with Gasteiger partial charge in [-0.3, -0.25) is 0 Å². The molecule has 0 N–H and O–H groups in total. The molecule has 1 aromatic carbocycles. The number of hydrogen-bond acceptors (Lipinski definition) is 3. The predicted octanol–water partition coefficient (Wildman–Crippen LogP) is 4.55. The van der Waals surface area contributed by atoms with E-state index in [9.17, 15) is 0 Å². The fourth-order valence-electron chi connectivity index (χ4n) is 1.88. The Morgan fingerprint density at radius 2 is 1.84 bits per heavy atom. The van der Waals surface area contributed by atoms with Crippen molar-refractivity contribution >= 4 is 0 Å². The molecule has 19 heavy (non-hydrogen) atoms. The Kier molecular flexibility index (Phi) is 4.25. The summed E-state index contributed by atoms with van der Waals surface area (Å²) in [7, 11) is 0. The standard InChI is InChI=1S/C16H21NO2/c1-16(2,3)9-4-10-18-15-7-5-13(6-8-15)14-11-17-19-12-14/h5-8,11-12H,4,9-10H2,1-3H3. The van der Waals surface area contributed by atoms with Crippen molar-refractivity contribution in [2.75, 3.05) is 6.61 Å². The van der Waals surface area contributed by atoms with Crippen LogP contribution in [0.25, 0.3) is 11.1 Å². The van der Waals surface area contributed by atoms with Crippen LogP contribution in [0.4, 0.5) is 0 Å². The van der Waals surface area contributed by atoms with Crippen LogP contribution in [0, 0.1) is 5.41 Å². The van der Waals surface area contributed by atoms with Gasteiger partial charge in [0.15, 0.2) is 0 Å². The molecule has 0 atom stereocenters. The van der Waals surface area contributed by atoms with E-state index in [0.717, 1.165) is 29.9 Å². The first-order valence-electron chi connectivity index (χ1n) is 6.67. The van der Waals surface area contributed by atoms with Crippen LogP contribution < -0.4 is 4.74 Å². The predicted molar refractivity (Wildman–Crippen MR) is 76.1 cm³/mol. The molecule has 0 aliphatic rings. The first kappa shape index (κ1) is 13.7. The summed E-state index contributed by atoms with van der Waals surface area (Å²) >= 11 is 0. The molecule has 1 aromatic heterocycles. The smallest absolute Gasteiger partial charge is 0.131 e. The fraction of sp³-hybridized carbons (Fsp3) is 0.438. The summed E-state index contributed by atoms with van der Waals surface area (Å²) in [6.45, 7) is 7.52. The van der Waals surface area contributed by atoms with Gasteiger partial charge in [0.05, 0.1) is 12.8 Å². The number of nitrogens with zero attached hydrogens (tertiary/aromatic N) is 1. The van der Waals surface area contributed by atoms with E-state index in [1.165, 1.54) is 6.42 Å². The molecule has 3 nitrogen and oxygen atoms in total. The molecule has 0 spiro atoms. The van der Waals surface area contributed by atoms with Crippen molar-refractivity contribution in [1.29, 1.82) is 0 Å². The number of hydrogen-bond donors (Lipinski definition) is 0. The van der Waals surface area contributed by atoms with Crippen LogP contribution >= 0.6 is 0 Å². The van der Waals surface area contributed by atoms with Crippen molar-refractivity contribution in [3.63, 3.8) is 0 Å². The highest BCUT2D eigenvalue weighted by Crippen LogP contribution is 2.23. The third kappa shape index (κ3) is 4.43. The van der Waals surface area contributed by atoms with Gasteiger partial charge in [-0.05, 0) is 36.0 Å². The number of ether oxygens (including phenoxy) is 1. The van der Waals surface area contributed by atoms with E-state index in [0.29, 0.717) is 5.41 Å². The van der Waals surface area contributed by atoms with Gasteiger partial charge in [0.2, 0.25) is 0 Å². The average Bonchev–Trinajstić information content (AvgIpc) is 2.88.